The summed E-state index contributed by atoms with van der Waals surface area (Å²) in [5, 5.41) is 14.3. The molecular weight excluding hydrogens is 292 g/mol. The van der Waals surface area contributed by atoms with Crippen LogP contribution >= 0.6 is 0 Å². The minimum absolute atomic E-state index is 0.0507. The van der Waals surface area contributed by atoms with Crippen LogP contribution < -0.4 is 15.4 Å². The van der Waals surface area contributed by atoms with Crippen LogP contribution in [0.3, 0.4) is 0 Å². The molecule has 0 saturated carbocycles. The van der Waals surface area contributed by atoms with E-state index in [-0.39, 0.29) is 23.3 Å². The minimum atomic E-state index is -4.03. The summed E-state index contributed by atoms with van der Waals surface area (Å²) in [4.78, 5) is 11.8. The predicted molar refractivity (Wildman–Crippen MR) is 75.3 cm³/mol. The van der Waals surface area contributed by atoms with Crippen LogP contribution in [-0.2, 0) is 4.79 Å². The van der Waals surface area contributed by atoms with E-state index in [1.54, 1.807) is 6.07 Å². The molecule has 118 valence electrons. The average molecular weight is 309 g/mol. The number of ether oxygens (including phenoxy) is 1. The van der Waals surface area contributed by atoms with E-state index in [1.165, 1.54) is 24.3 Å². The zero-order valence-corrected chi connectivity index (χ0v) is 12.1. The normalized spacial score (nSPS) is 21.7. The number of nitrogens with one attached hydrogen (secondary N) is 2. The lowest BCUT2D eigenvalue weighted by Gasteiger charge is -2.31. The fraction of sp³-hybridized carbons (Fsp3) is 0.467. The van der Waals surface area contributed by atoms with Crippen LogP contribution in [0.5, 0.6) is 5.75 Å². The van der Waals surface area contributed by atoms with Crippen molar-refractivity contribution >= 4 is 5.91 Å². The molecule has 7 heteroatoms. The molecule has 22 heavy (non-hydrogen) atoms. The van der Waals surface area contributed by atoms with Gasteiger partial charge >= 0.3 is 12.0 Å². The van der Waals surface area contributed by atoms with Crippen LogP contribution in [0.15, 0.2) is 24.3 Å². The van der Waals surface area contributed by atoms with Crippen LogP contribution in [0.2, 0.25) is 0 Å². The predicted octanol–water partition coefficient (Wildman–Crippen LogP) is 1.64. The number of rotatable bonds is 4. The number of nitrogens with zero attached hydrogens (tertiary/aromatic N) is 1. The molecule has 1 aromatic rings. The first-order valence-electron chi connectivity index (χ1n) is 7.01. The SMILES string of the molecule is C[C@H]1CNCC[C@@H]1NC(=O)C(F)(F)Oc1ccccc1C#N. The molecule has 1 aliphatic heterocycles. The van der Waals surface area contributed by atoms with Gasteiger partial charge in [-0.25, -0.2) is 0 Å². The van der Waals surface area contributed by atoms with Crippen molar-refractivity contribution in [3.63, 3.8) is 0 Å². The number of carbonyl (C=O) groups excluding carboxylic acids is 1. The van der Waals surface area contributed by atoms with Gasteiger partial charge in [0.15, 0.2) is 0 Å². The van der Waals surface area contributed by atoms with Crippen molar-refractivity contribution in [2.45, 2.75) is 25.5 Å². The number of piperidine rings is 1. The van der Waals surface area contributed by atoms with E-state index in [9.17, 15) is 13.6 Å². The summed E-state index contributed by atoms with van der Waals surface area (Å²) in [6.07, 6.45) is -3.45. The highest BCUT2D eigenvalue weighted by molar-refractivity contribution is 5.82. The number of carbonyl (C=O) groups is 1. The van der Waals surface area contributed by atoms with Gasteiger partial charge in [0, 0.05) is 6.04 Å². The van der Waals surface area contributed by atoms with E-state index < -0.39 is 12.0 Å². The molecule has 1 aromatic carbocycles. The van der Waals surface area contributed by atoms with E-state index >= 15 is 0 Å². The summed E-state index contributed by atoms with van der Waals surface area (Å²) in [5.41, 5.74) is -0.0507. The number of benzene rings is 1. The van der Waals surface area contributed by atoms with Gasteiger partial charge in [-0.1, -0.05) is 19.1 Å². The Balaban J connectivity index is 2.05. The summed E-state index contributed by atoms with van der Waals surface area (Å²) in [7, 11) is 0. The summed E-state index contributed by atoms with van der Waals surface area (Å²) in [5.74, 6) is -1.75. The largest absolute Gasteiger partial charge is 0.482 e. The Labute approximate surface area is 127 Å². The van der Waals surface area contributed by atoms with Gasteiger partial charge in [0.25, 0.3) is 0 Å². The lowest BCUT2D eigenvalue weighted by atomic mass is 9.95. The van der Waals surface area contributed by atoms with E-state index in [4.69, 9.17) is 5.26 Å². The third-order valence-corrected chi connectivity index (χ3v) is 3.61. The third-order valence-electron chi connectivity index (χ3n) is 3.61. The molecule has 0 bridgehead atoms. The number of hydrogen-bond donors (Lipinski definition) is 2. The second-order valence-electron chi connectivity index (χ2n) is 5.28. The number of nitriles is 1. The number of hydrogen-bond acceptors (Lipinski definition) is 4. The molecule has 2 atom stereocenters. The molecule has 2 N–H and O–H groups in total. The molecule has 5 nitrogen and oxygen atoms in total. The highest BCUT2D eigenvalue weighted by atomic mass is 19.3. The highest BCUT2D eigenvalue weighted by Gasteiger charge is 2.44. The van der Waals surface area contributed by atoms with Gasteiger partial charge in [-0.15, -0.1) is 0 Å². The Hall–Kier alpha value is -2.20. The van der Waals surface area contributed by atoms with Gasteiger partial charge in [0.1, 0.15) is 11.8 Å². The van der Waals surface area contributed by atoms with Crippen LogP contribution in [0.1, 0.15) is 18.9 Å². The lowest BCUT2D eigenvalue weighted by molar-refractivity contribution is -0.194. The van der Waals surface area contributed by atoms with Crippen molar-refractivity contribution in [1.82, 2.24) is 10.6 Å². The van der Waals surface area contributed by atoms with Gasteiger partial charge in [-0.3, -0.25) is 4.79 Å². The number of amides is 1. The molecule has 0 aromatic heterocycles. The molecule has 0 unspecified atom stereocenters. The molecule has 0 aliphatic carbocycles. The van der Waals surface area contributed by atoms with E-state index in [0.717, 1.165) is 0 Å². The van der Waals surface area contributed by atoms with E-state index in [2.05, 4.69) is 15.4 Å². The molecule has 1 amide bonds. The van der Waals surface area contributed by atoms with Crippen molar-refractivity contribution in [3.05, 3.63) is 29.8 Å². The zero-order valence-electron chi connectivity index (χ0n) is 12.1. The first-order chi connectivity index (χ1) is 10.4. The van der Waals surface area contributed by atoms with Crippen LogP contribution in [0.4, 0.5) is 8.78 Å². The molecule has 0 spiro atoms. The van der Waals surface area contributed by atoms with Crippen molar-refractivity contribution < 1.29 is 18.3 Å². The van der Waals surface area contributed by atoms with Crippen molar-refractivity contribution in [2.75, 3.05) is 13.1 Å². The van der Waals surface area contributed by atoms with Crippen LogP contribution in [-0.4, -0.2) is 31.1 Å². The van der Waals surface area contributed by atoms with Gasteiger partial charge in [0.2, 0.25) is 0 Å². The first kappa shape index (κ1) is 16.2. The van der Waals surface area contributed by atoms with Crippen LogP contribution in [0.25, 0.3) is 0 Å². The molecular formula is C15H17F2N3O2. The topological polar surface area (TPSA) is 74.2 Å². The zero-order chi connectivity index (χ0) is 16.2. The monoisotopic (exact) mass is 309 g/mol. The lowest BCUT2D eigenvalue weighted by Crippen LogP contribution is -2.54. The Bertz CT molecular complexity index is 586. The van der Waals surface area contributed by atoms with E-state index in [0.29, 0.717) is 19.5 Å². The number of alkyl halides is 2. The van der Waals surface area contributed by atoms with Gasteiger partial charge in [-0.2, -0.15) is 14.0 Å². The maximum Gasteiger partial charge on any atom is 0.482 e. The Morgan fingerprint density at radius 1 is 1.50 bits per heavy atom. The molecule has 1 aliphatic rings. The molecule has 1 fully saturated rings. The maximum atomic E-state index is 13.9. The van der Waals surface area contributed by atoms with Crippen LogP contribution in [0, 0.1) is 17.2 Å². The second kappa shape index (κ2) is 6.71. The Kier molecular flexibility index (Phi) is 4.93. The minimum Gasteiger partial charge on any atom is -0.424 e. The average Bonchev–Trinajstić information content (AvgIpc) is 2.49. The first-order valence-corrected chi connectivity index (χ1v) is 7.01. The van der Waals surface area contributed by atoms with Crippen molar-refractivity contribution in [3.8, 4) is 11.8 Å². The summed E-state index contributed by atoms with van der Waals surface area (Å²) in [6.45, 7) is 3.20. The third kappa shape index (κ3) is 3.71. The van der Waals surface area contributed by atoms with Crippen molar-refractivity contribution in [2.24, 2.45) is 5.92 Å². The summed E-state index contributed by atoms with van der Waals surface area (Å²) >= 11 is 0. The fourth-order valence-corrected chi connectivity index (χ4v) is 2.31. The highest BCUT2D eigenvalue weighted by Crippen LogP contribution is 2.25. The molecule has 2 rings (SSSR count). The van der Waals surface area contributed by atoms with Gasteiger partial charge < -0.3 is 15.4 Å². The maximum absolute atomic E-state index is 13.9. The quantitative estimate of drug-likeness (QED) is 0.887. The van der Waals surface area contributed by atoms with Crippen molar-refractivity contribution in [1.29, 1.82) is 5.26 Å². The summed E-state index contributed by atoms with van der Waals surface area (Å²) in [6, 6.07) is 6.98. The Morgan fingerprint density at radius 3 is 2.91 bits per heavy atom. The summed E-state index contributed by atoms with van der Waals surface area (Å²) < 4.78 is 32.4. The fourth-order valence-electron chi connectivity index (χ4n) is 2.31. The molecule has 1 saturated heterocycles. The van der Waals surface area contributed by atoms with E-state index in [1.807, 2.05) is 6.92 Å². The second-order valence-corrected chi connectivity index (χ2v) is 5.28. The van der Waals surface area contributed by atoms with Gasteiger partial charge in [-0.05, 0) is 37.6 Å². The standard InChI is InChI=1S/C15H17F2N3O2/c1-10-9-19-7-6-12(10)20-14(21)15(16,17)22-13-5-3-2-4-11(13)8-18/h2-5,10,12,19H,6-7,9H2,1H3,(H,20,21)/t10-,12-/m0/s1. The van der Waals surface area contributed by atoms with Gasteiger partial charge in [0.05, 0.1) is 5.56 Å². The molecule has 1 heterocycles. The molecule has 0 radical (unpaired) electrons. The number of para-hydroxylation sites is 1. The smallest absolute Gasteiger partial charge is 0.424 e. The number of halogens is 2. The Morgan fingerprint density at radius 2 is 2.23 bits per heavy atom.